The summed E-state index contributed by atoms with van der Waals surface area (Å²) in [5.74, 6) is 0. The van der Waals surface area contributed by atoms with Gasteiger partial charge in [-0.3, -0.25) is 9.58 Å². The first-order valence-electron chi connectivity index (χ1n) is 6.89. The van der Waals surface area contributed by atoms with Crippen molar-refractivity contribution < 1.29 is 8.42 Å². The predicted octanol–water partition coefficient (Wildman–Crippen LogP) is -0.209. The normalized spacial score (nSPS) is 19.5. The number of hydrogen-bond acceptors (Lipinski definition) is 5. The molecule has 118 valence electrons. The Hall–Kier alpha value is -1.03. The lowest BCUT2D eigenvalue weighted by Crippen LogP contribution is -2.54. The molecule has 1 saturated heterocycles. The Morgan fingerprint density at radius 2 is 2.05 bits per heavy atom. The molecule has 0 aliphatic carbocycles. The molecule has 1 unspecified atom stereocenters. The molecule has 2 heterocycles. The molecule has 1 fully saturated rings. The Morgan fingerprint density at radius 3 is 2.48 bits per heavy atom. The molecule has 21 heavy (non-hydrogen) atoms. The van der Waals surface area contributed by atoms with Crippen molar-refractivity contribution in [3.8, 4) is 0 Å². The average Bonchev–Trinajstić information content (AvgIpc) is 2.87. The summed E-state index contributed by atoms with van der Waals surface area (Å²) in [6.07, 6.45) is 2.33. The van der Waals surface area contributed by atoms with Gasteiger partial charge in [0.1, 0.15) is 0 Å². The van der Waals surface area contributed by atoms with Crippen LogP contribution < -0.4 is 5.73 Å². The van der Waals surface area contributed by atoms with Gasteiger partial charge in [-0.1, -0.05) is 19.1 Å². The van der Waals surface area contributed by atoms with Crippen molar-refractivity contribution in [1.29, 1.82) is 0 Å². The summed E-state index contributed by atoms with van der Waals surface area (Å²) in [5, 5.41) is 4.14. The highest BCUT2D eigenvalue weighted by molar-refractivity contribution is 7.89. The van der Waals surface area contributed by atoms with E-state index in [1.165, 1.54) is 21.3 Å². The summed E-state index contributed by atoms with van der Waals surface area (Å²) in [7, 11) is -1.85. The van der Waals surface area contributed by atoms with Crippen LogP contribution in [-0.2, 0) is 17.1 Å². The highest BCUT2D eigenvalue weighted by atomic mass is 32.2. The van der Waals surface area contributed by atoms with Crippen LogP contribution >= 0.6 is 12.2 Å². The van der Waals surface area contributed by atoms with Crippen LogP contribution in [0, 0.1) is 0 Å². The number of hydrogen-bond donors (Lipinski definition) is 1. The zero-order valence-electron chi connectivity index (χ0n) is 12.3. The molecular weight excluding hydrogens is 310 g/mol. The van der Waals surface area contributed by atoms with E-state index in [4.69, 9.17) is 18.0 Å². The molecule has 0 saturated carbocycles. The Morgan fingerprint density at radius 1 is 1.43 bits per heavy atom. The van der Waals surface area contributed by atoms with Gasteiger partial charge in [0.15, 0.2) is 5.03 Å². The fraction of sp³-hybridized carbons (Fsp3) is 0.667. The largest absolute Gasteiger partial charge is 0.392 e. The second kappa shape index (κ2) is 6.39. The van der Waals surface area contributed by atoms with Gasteiger partial charge in [0.25, 0.3) is 10.0 Å². The van der Waals surface area contributed by atoms with Crippen LogP contribution in [0.2, 0.25) is 0 Å². The van der Waals surface area contributed by atoms with E-state index in [0.717, 1.165) is 6.42 Å². The summed E-state index contributed by atoms with van der Waals surface area (Å²) in [6.45, 7) is 4.17. The number of nitrogens with two attached hydrogens (primary N) is 1. The van der Waals surface area contributed by atoms with Crippen molar-refractivity contribution in [2.24, 2.45) is 12.8 Å². The van der Waals surface area contributed by atoms with Crippen molar-refractivity contribution in [3.63, 3.8) is 0 Å². The average molecular weight is 331 g/mol. The van der Waals surface area contributed by atoms with Crippen LogP contribution in [0.25, 0.3) is 0 Å². The van der Waals surface area contributed by atoms with E-state index in [-0.39, 0.29) is 11.1 Å². The monoisotopic (exact) mass is 331 g/mol. The van der Waals surface area contributed by atoms with E-state index >= 15 is 0 Å². The Kier molecular flexibility index (Phi) is 4.97. The molecule has 7 nitrogen and oxygen atoms in total. The van der Waals surface area contributed by atoms with Gasteiger partial charge in [-0.05, 0) is 12.5 Å². The Bertz CT molecular complexity index is 605. The van der Waals surface area contributed by atoms with E-state index in [2.05, 4.69) is 10.00 Å². The molecule has 1 aliphatic rings. The third kappa shape index (κ3) is 3.25. The van der Waals surface area contributed by atoms with E-state index in [1.54, 1.807) is 7.05 Å². The SMILES string of the molecule is CCC(C(N)=S)N1CCN(S(=O)(=O)c2ccnn2C)CC1. The molecular formula is C12H21N5O2S2. The Balaban J connectivity index is 2.08. The van der Waals surface area contributed by atoms with E-state index in [0.29, 0.717) is 31.2 Å². The summed E-state index contributed by atoms with van der Waals surface area (Å²) in [6, 6.07) is 1.56. The maximum absolute atomic E-state index is 12.5. The van der Waals surface area contributed by atoms with Gasteiger partial charge in [-0.25, -0.2) is 8.42 Å². The van der Waals surface area contributed by atoms with Gasteiger partial charge in [0.05, 0.1) is 17.2 Å². The van der Waals surface area contributed by atoms with Crippen LogP contribution in [-0.4, -0.2) is 64.6 Å². The minimum Gasteiger partial charge on any atom is -0.392 e. The first-order chi connectivity index (χ1) is 9.87. The van der Waals surface area contributed by atoms with Crippen LogP contribution in [0.4, 0.5) is 0 Å². The molecule has 2 rings (SSSR count). The van der Waals surface area contributed by atoms with Crippen molar-refractivity contribution in [1.82, 2.24) is 19.0 Å². The Labute approximate surface area is 130 Å². The fourth-order valence-corrected chi connectivity index (χ4v) is 4.48. The van der Waals surface area contributed by atoms with Crippen LogP contribution in [0.5, 0.6) is 0 Å². The molecule has 9 heteroatoms. The molecule has 2 N–H and O–H groups in total. The highest BCUT2D eigenvalue weighted by Crippen LogP contribution is 2.18. The first-order valence-corrected chi connectivity index (χ1v) is 8.74. The number of nitrogens with zero attached hydrogens (tertiary/aromatic N) is 4. The second-order valence-electron chi connectivity index (χ2n) is 5.06. The maximum atomic E-state index is 12.5. The minimum atomic E-state index is -3.48. The van der Waals surface area contributed by atoms with Crippen molar-refractivity contribution in [3.05, 3.63) is 12.3 Å². The number of aromatic nitrogens is 2. The van der Waals surface area contributed by atoms with Crippen LogP contribution in [0.15, 0.2) is 17.3 Å². The number of sulfonamides is 1. The molecule has 0 radical (unpaired) electrons. The zero-order chi connectivity index (χ0) is 15.6. The summed E-state index contributed by atoms with van der Waals surface area (Å²) >= 11 is 5.07. The minimum absolute atomic E-state index is 0.0431. The summed E-state index contributed by atoms with van der Waals surface area (Å²) < 4.78 is 28.0. The number of piperazine rings is 1. The van der Waals surface area contributed by atoms with Crippen LogP contribution in [0.1, 0.15) is 13.3 Å². The van der Waals surface area contributed by atoms with Gasteiger partial charge >= 0.3 is 0 Å². The quantitative estimate of drug-likeness (QED) is 0.752. The molecule has 1 aromatic heterocycles. The molecule has 1 aromatic rings. The van der Waals surface area contributed by atoms with Crippen molar-refractivity contribution in [2.75, 3.05) is 26.2 Å². The molecule has 0 aromatic carbocycles. The predicted molar refractivity (Wildman–Crippen MR) is 84.4 cm³/mol. The number of aryl methyl sites for hydroxylation is 1. The maximum Gasteiger partial charge on any atom is 0.260 e. The third-order valence-electron chi connectivity index (χ3n) is 3.81. The number of rotatable bonds is 5. The van der Waals surface area contributed by atoms with E-state index in [1.807, 2.05) is 6.92 Å². The second-order valence-corrected chi connectivity index (χ2v) is 7.42. The molecule has 1 atom stereocenters. The van der Waals surface area contributed by atoms with Gasteiger partial charge in [0, 0.05) is 33.2 Å². The number of thiocarbonyl (C=S) groups is 1. The first kappa shape index (κ1) is 16.3. The van der Waals surface area contributed by atoms with Crippen LogP contribution in [0.3, 0.4) is 0 Å². The van der Waals surface area contributed by atoms with Gasteiger partial charge in [-0.2, -0.15) is 9.40 Å². The smallest absolute Gasteiger partial charge is 0.260 e. The highest BCUT2D eigenvalue weighted by Gasteiger charge is 2.32. The summed E-state index contributed by atoms with van der Waals surface area (Å²) in [4.78, 5) is 2.62. The van der Waals surface area contributed by atoms with Gasteiger partial charge < -0.3 is 5.73 Å². The molecule has 0 bridgehead atoms. The van der Waals surface area contributed by atoms with Gasteiger partial charge in [0.2, 0.25) is 0 Å². The topological polar surface area (TPSA) is 84.5 Å². The fourth-order valence-electron chi connectivity index (χ4n) is 2.64. The lowest BCUT2D eigenvalue weighted by molar-refractivity contribution is 0.165. The zero-order valence-corrected chi connectivity index (χ0v) is 13.9. The third-order valence-corrected chi connectivity index (χ3v) is 6.06. The molecule has 0 amide bonds. The van der Waals surface area contributed by atoms with E-state index < -0.39 is 10.0 Å². The molecule has 0 spiro atoms. The lowest BCUT2D eigenvalue weighted by atomic mass is 10.1. The molecule has 1 aliphatic heterocycles. The van der Waals surface area contributed by atoms with E-state index in [9.17, 15) is 8.42 Å². The van der Waals surface area contributed by atoms with Crippen molar-refractivity contribution in [2.45, 2.75) is 24.4 Å². The summed E-state index contributed by atoms with van der Waals surface area (Å²) in [5.41, 5.74) is 5.74. The van der Waals surface area contributed by atoms with Gasteiger partial charge in [-0.15, -0.1) is 0 Å². The standard InChI is InChI=1S/C12H21N5O2S2/c1-3-10(12(13)20)16-6-8-17(9-7-16)21(18,19)11-4-5-14-15(11)2/h4-5,10H,3,6-9H2,1-2H3,(H2,13,20). The van der Waals surface area contributed by atoms with Crippen molar-refractivity contribution >= 4 is 27.2 Å². The lowest BCUT2D eigenvalue weighted by Gasteiger charge is -2.37.